The van der Waals surface area contributed by atoms with Crippen LogP contribution >= 0.6 is 11.8 Å². The average Bonchev–Trinajstić information content (AvgIpc) is 2.96. The number of ether oxygens (including phenoxy) is 6. The molecular weight excluding hydrogens is 488 g/mol. The topological polar surface area (TPSA) is 55.4 Å². The van der Waals surface area contributed by atoms with Gasteiger partial charge >= 0.3 is 0 Å². The highest BCUT2D eigenvalue weighted by Crippen LogP contribution is 2.41. The number of fused-ring (bicyclic) bond motifs is 1. The highest BCUT2D eigenvalue weighted by molar-refractivity contribution is 7.99. The van der Waals surface area contributed by atoms with Gasteiger partial charge in [0.1, 0.15) is 35.6 Å². The van der Waals surface area contributed by atoms with Crippen LogP contribution in [0.2, 0.25) is 0 Å². The molecule has 6 atom stereocenters. The lowest BCUT2D eigenvalue weighted by Crippen LogP contribution is -2.62. The fourth-order valence-corrected chi connectivity index (χ4v) is 5.67. The third kappa shape index (κ3) is 6.44. The molecule has 37 heavy (non-hydrogen) atoms. The third-order valence-corrected chi connectivity index (χ3v) is 7.51. The highest BCUT2D eigenvalue weighted by atomic mass is 32.2. The first-order valence-corrected chi connectivity index (χ1v) is 13.3. The molecular formula is C30H32O6S. The van der Waals surface area contributed by atoms with E-state index in [2.05, 4.69) is 30.8 Å². The van der Waals surface area contributed by atoms with Crippen LogP contribution in [-0.2, 0) is 30.3 Å². The van der Waals surface area contributed by atoms with Gasteiger partial charge in [0.15, 0.2) is 6.29 Å². The molecule has 5 rings (SSSR count). The van der Waals surface area contributed by atoms with Crippen LogP contribution in [0.1, 0.15) is 17.4 Å². The van der Waals surface area contributed by atoms with Crippen molar-refractivity contribution in [1.29, 1.82) is 0 Å². The first-order chi connectivity index (χ1) is 18.2. The van der Waals surface area contributed by atoms with Crippen LogP contribution in [0.3, 0.4) is 0 Å². The molecule has 2 fully saturated rings. The van der Waals surface area contributed by atoms with Gasteiger partial charge in [0.25, 0.3) is 0 Å². The first-order valence-electron chi connectivity index (χ1n) is 12.4. The van der Waals surface area contributed by atoms with Gasteiger partial charge in [-0.25, -0.2) is 0 Å². The van der Waals surface area contributed by atoms with E-state index < -0.39 is 6.29 Å². The summed E-state index contributed by atoms with van der Waals surface area (Å²) < 4.78 is 37.4. The molecule has 2 aliphatic rings. The minimum absolute atomic E-state index is 0.305. The van der Waals surface area contributed by atoms with E-state index in [9.17, 15) is 0 Å². The Balaban J connectivity index is 1.41. The van der Waals surface area contributed by atoms with E-state index in [4.69, 9.17) is 28.4 Å². The Kier molecular flexibility index (Phi) is 8.94. The van der Waals surface area contributed by atoms with Gasteiger partial charge in [-0.1, -0.05) is 78.5 Å². The summed E-state index contributed by atoms with van der Waals surface area (Å²) >= 11 is 1.62. The average molecular weight is 521 g/mol. The lowest BCUT2D eigenvalue weighted by molar-refractivity contribution is -0.328. The second-order valence-corrected chi connectivity index (χ2v) is 10.0. The number of methoxy groups -OCH3 is 1. The van der Waals surface area contributed by atoms with Crippen LogP contribution in [0.15, 0.2) is 102 Å². The Hall–Kier alpha value is -2.65. The maximum Gasteiger partial charge on any atom is 0.184 e. The van der Waals surface area contributed by atoms with E-state index in [1.807, 2.05) is 60.7 Å². The van der Waals surface area contributed by atoms with Gasteiger partial charge in [-0.05, 0) is 29.8 Å². The lowest BCUT2D eigenvalue weighted by atomic mass is 9.98. The molecule has 2 heterocycles. The van der Waals surface area contributed by atoms with E-state index in [1.54, 1.807) is 24.9 Å². The van der Waals surface area contributed by atoms with Gasteiger partial charge in [-0.2, -0.15) is 0 Å². The van der Waals surface area contributed by atoms with Crippen molar-refractivity contribution in [2.45, 2.75) is 47.6 Å². The van der Waals surface area contributed by atoms with Crippen molar-refractivity contribution >= 4 is 11.8 Å². The van der Waals surface area contributed by atoms with Crippen LogP contribution in [0, 0.1) is 0 Å². The van der Waals surface area contributed by atoms with Gasteiger partial charge in [0.05, 0.1) is 26.9 Å². The summed E-state index contributed by atoms with van der Waals surface area (Å²) in [5.74, 6) is 0.779. The summed E-state index contributed by atoms with van der Waals surface area (Å²) in [5.41, 5.74) is 1.68. The van der Waals surface area contributed by atoms with Crippen molar-refractivity contribution < 1.29 is 28.4 Å². The van der Waals surface area contributed by atoms with E-state index >= 15 is 0 Å². The molecule has 0 spiro atoms. The first kappa shape index (κ1) is 26.0. The van der Waals surface area contributed by atoms with Crippen molar-refractivity contribution in [3.63, 3.8) is 0 Å². The second kappa shape index (κ2) is 12.7. The Morgan fingerprint density at radius 1 is 0.892 bits per heavy atom. The monoisotopic (exact) mass is 520 g/mol. The normalized spacial score (nSPS) is 27.3. The van der Waals surface area contributed by atoms with Crippen molar-refractivity contribution in [3.8, 4) is 5.75 Å². The Labute approximate surface area is 222 Å². The Bertz CT molecular complexity index is 1110. The predicted octanol–water partition coefficient (Wildman–Crippen LogP) is 5.78. The SMILES string of the molecule is C=CCO[C@@H]1[C@@H](OCc2ccccc2)[C@@H]2O[C@H](c3ccc(OC)cc3)OC[C@H]2O[C@H]1Sc1ccccc1. The molecule has 0 bridgehead atoms. The molecule has 0 unspecified atom stereocenters. The fourth-order valence-electron chi connectivity index (χ4n) is 4.52. The van der Waals surface area contributed by atoms with E-state index in [-0.39, 0.29) is 29.9 Å². The molecule has 0 aliphatic carbocycles. The lowest BCUT2D eigenvalue weighted by Gasteiger charge is -2.49. The zero-order chi connectivity index (χ0) is 25.5. The van der Waals surface area contributed by atoms with Gasteiger partial charge in [0, 0.05) is 10.5 Å². The quantitative estimate of drug-likeness (QED) is 0.314. The molecule has 2 aliphatic heterocycles. The second-order valence-electron chi connectivity index (χ2n) is 8.86. The van der Waals surface area contributed by atoms with Crippen molar-refractivity contribution in [2.24, 2.45) is 0 Å². The van der Waals surface area contributed by atoms with Gasteiger partial charge in [-0.3, -0.25) is 0 Å². The third-order valence-electron chi connectivity index (χ3n) is 6.36. The molecule has 0 aromatic heterocycles. The van der Waals surface area contributed by atoms with Crippen molar-refractivity contribution in [2.75, 3.05) is 20.3 Å². The molecule has 7 heteroatoms. The summed E-state index contributed by atoms with van der Waals surface area (Å²) in [6, 6.07) is 28.0. The minimum atomic E-state index is -0.544. The van der Waals surface area contributed by atoms with E-state index in [1.165, 1.54) is 0 Å². The predicted molar refractivity (Wildman–Crippen MR) is 142 cm³/mol. The van der Waals surface area contributed by atoms with Gasteiger partial charge in [0.2, 0.25) is 0 Å². The minimum Gasteiger partial charge on any atom is -0.497 e. The summed E-state index contributed by atoms with van der Waals surface area (Å²) in [5, 5.41) is 0. The smallest absolute Gasteiger partial charge is 0.184 e. The number of benzene rings is 3. The standard InChI is InChI=1S/C30H32O6S/c1-3-18-32-28-27(33-19-21-10-6-4-7-11-21)26-25(35-30(28)37-24-12-8-5-9-13-24)20-34-29(36-26)22-14-16-23(31-2)17-15-22/h3-17,25-30H,1,18-20H2,2H3/t25-,26-,27+,28-,29-,30+/m1/s1. The van der Waals surface area contributed by atoms with Crippen LogP contribution < -0.4 is 4.74 Å². The molecule has 194 valence electrons. The largest absolute Gasteiger partial charge is 0.497 e. The van der Waals surface area contributed by atoms with E-state index in [0.29, 0.717) is 19.8 Å². The zero-order valence-corrected chi connectivity index (χ0v) is 21.6. The van der Waals surface area contributed by atoms with Crippen molar-refractivity contribution in [3.05, 3.63) is 109 Å². The molecule has 6 nitrogen and oxygen atoms in total. The highest BCUT2D eigenvalue weighted by Gasteiger charge is 2.51. The molecule has 2 saturated heterocycles. The summed E-state index contributed by atoms with van der Waals surface area (Å²) in [6.45, 7) is 5.04. The maximum atomic E-state index is 6.58. The van der Waals surface area contributed by atoms with Crippen molar-refractivity contribution in [1.82, 2.24) is 0 Å². The fraction of sp³-hybridized carbons (Fsp3) is 0.333. The summed E-state index contributed by atoms with van der Waals surface area (Å²) in [7, 11) is 1.65. The molecule has 0 N–H and O–H groups in total. The molecule has 3 aromatic carbocycles. The number of rotatable bonds is 10. The summed E-state index contributed by atoms with van der Waals surface area (Å²) in [6.07, 6.45) is -0.258. The molecule has 0 radical (unpaired) electrons. The van der Waals surface area contributed by atoms with E-state index in [0.717, 1.165) is 21.8 Å². The van der Waals surface area contributed by atoms with Gasteiger partial charge < -0.3 is 28.4 Å². The zero-order valence-electron chi connectivity index (χ0n) is 20.8. The maximum absolute atomic E-state index is 6.58. The van der Waals surface area contributed by atoms with Crippen LogP contribution in [0.25, 0.3) is 0 Å². The Morgan fingerprint density at radius 2 is 1.62 bits per heavy atom. The molecule has 0 amide bonds. The molecule has 3 aromatic rings. The number of thioether (sulfide) groups is 1. The summed E-state index contributed by atoms with van der Waals surface area (Å²) in [4.78, 5) is 1.09. The Morgan fingerprint density at radius 3 is 2.32 bits per heavy atom. The number of hydrogen-bond acceptors (Lipinski definition) is 7. The molecule has 0 saturated carbocycles. The number of hydrogen-bond donors (Lipinski definition) is 0. The van der Waals surface area contributed by atoms with Crippen LogP contribution in [-0.4, -0.2) is 50.2 Å². The van der Waals surface area contributed by atoms with Crippen LogP contribution in [0.5, 0.6) is 5.75 Å². The van der Waals surface area contributed by atoms with Crippen LogP contribution in [0.4, 0.5) is 0 Å². The van der Waals surface area contributed by atoms with Gasteiger partial charge in [-0.15, -0.1) is 6.58 Å².